The predicted molar refractivity (Wildman–Crippen MR) is 182 cm³/mol. The number of anilines is 2. The van der Waals surface area contributed by atoms with Gasteiger partial charge in [0.25, 0.3) is 0 Å². The molecule has 0 spiro atoms. The van der Waals surface area contributed by atoms with E-state index in [0.29, 0.717) is 40.4 Å². The number of esters is 1. The lowest BCUT2D eigenvalue weighted by Crippen LogP contribution is -2.46. The van der Waals surface area contributed by atoms with Gasteiger partial charge >= 0.3 is 5.97 Å². The van der Waals surface area contributed by atoms with Gasteiger partial charge < -0.3 is 20.3 Å². The van der Waals surface area contributed by atoms with Crippen molar-refractivity contribution in [2.24, 2.45) is 23.5 Å². The Balaban J connectivity index is 0.000000193. The van der Waals surface area contributed by atoms with Crippen molar-refractivity contribution >= 4 is 39.4 Å². The van der Waals surface area contributed by atoms with Crippen LogP contribution >= 0.6 is 0 Å². The molecule has 4 aromatic rings. The first-order valence-electron chi connectivity index (χ1n) is 16.2. The summed E-state index contributed by atoms with van der Waals surface area (Å²) in [6.45, 7) is 13.5. The topological polar surface area (TPSA) is 158 Å². The number of hydrogen-bond donors (Lipinski definition) is 1. The van der Waals surface area contributed by atoms with Gasteiger partial charge in [-0.3, -0.25) is 24.7 Å². The number of fused-ring (bicyclic) bond motifs is 2. The highest BCUT2D eigenvalue weighted by molar-refractivity contribution is 5.93. The fraction of sp³-hybridized carbons (Fsp3) is 0.472. The summed E-state index contributed by atoms with van der Waals surface area (Å²) in [5.41, 5.74) is 11.6. The first-order valence-corrected chi connectivity index (χ1v) is 16.2. The number of carbonyl (C=O) groups is 1. The molecule has 0 aliphatic carbocycles. The number of benzene rings is 2. The lowest BCUT2D eigenvalue weighted by atomic mass is 9.87. The van der Waals surface area contributed by atoms with E-state index in [1.807, 2.05) is 39.0 Å². The molecule has 2 aliphatic heterocycles. The Morgan fingerprint density at radius 2 is 1.26 bits per heavy atom. The fourth-order valence-electron chi connectivity index (χ4n) is 6.82. The third-order valence-corrected chi connectivity index (χ3v) is 8.44. The van der Waals surface area contributed by atoms with E-state index < -0.39 is 5.60 Å². The maximum absolute atomic E-state index is 12.3. The Morgan fingerprint density at radius 1 is 0.787 bits per heavy atom. The number of rotatable bonds is 4. The quantitative estimate of drug-likeness (QED) is 0.288. The summed E-state index contributed by atoms with van der Waals surface area (Å²) >= 11 is 0. The normalized spacial score (nSPS) is 21.4. The van der Waals surface area contributed by atoms with Crippen molar-refractivity contribution in [2.45, 2.75) is 65.5 Å². The zero-order valence-electron chi connectivity index (χ0n) is 27.8. The minimum atomic E-state index is -0.462. The molecule has 0 bridgehead atoms. The fourth-order valence-corrected chi connectivity index (χ4v) is 6.82. The smallest absolute Gasteiger partial charge is 0.306 e. The van der Waals surface area contributed by atoms with Crippen LogP contribution in [-0.4, -0.2) is 63.7 Å². The van der Waals surface area contributed by atoms with Gasteiger partial charge in [0, 0.05) is 57.0 Å². The molecule has 2 N–H and O–H groups in total. The summed E-state index contributed by atoms with van der Waals surface area (Å²) < 4.78 is 5.50. The molecule has 4 atom stereocenters. The van der Waals surface area contributed by atoms with Crippen LogP contribution in [0.5, 0.6) is 0 Å². The number of ether oxygens (including phenoxy) is 1. The SMILES string of the molecule is C[C@H]1C[C@@H](CC(=O)OC(C)(C)C)CN(c2ccc(C#N)c3nccnc23)C1.C[C@H]1C[C@@H](N)CN(c2ccc(C#N)c3nccnc23)C1. The number of piperidine rings is 2. The average molecular weight is 634 g/mol. The molecule has 4 heterocycles. The average Bonchev–Trinajstić information content (AvgIpc) is 3.02. The van der Waals surface area contributed by atoms with Crippen molar-refractivity contribution in [1.29, 1.82) is 10.5 Å². The molecule has 2 saturated heterocycles. The number of aromatic nitrogens is 4. The largest absolute Gasteiger partial charge is 0.460 e. The Kier molecular flexibility index (Phi) is 10.2. The molecule has 11 nitrogen and oxygen atoms in total. The first-order chi connectivity index (χ1) is 22.5. The summed E-state index contributed by atoms with van der Waals surface area (Å²) in [6, 6.07) is 12.1. The van der Waals surface area contributed by atoms with Crippen LogP contribution in [0.1, 0.15) is 65.0 Å². The van der Waals surface area contributed by atoms with E-state index in [4.69, 9.17) is 15.7 Å². The summed E-state index contributed by atoms with van der Waals surface area (Å²) in [7, 11) is 0. The van der Waals surface area contributed by atoms with E-state index in [1.54, 1.807) is 30.9 Å². The molecule has 0 unspecified atom stereocenters. The second kappa shape index (κ2) is 14.3. The van der Waals surface area contributed by atoms with Gasteiger partial charge in [-0.2, -0.15) is 10.5 Å². The van der Waals surface area contributed by atoms with Gasteiger partial charge in [0.05, 0.1) is 28.9 Å². The molecule has 0 saturated carbocycles. The Morgan fingerprint density at radius 3 is 1.72 bits per heavy atom. The van der Waals surface area contributed by atoms with Gasteiger partial charge in [-0.05, 0) is 75.6 Å². The molecular weight excluding hydrogens is 590 g/mol. The molecule has 47 heavy (non-hydrogen) atoms. The maximum Gasteiger partial charge on any atom is 0.306 e. The first kappa shape index (κ1) is 33.5. The molecule has 6 rings (SSSR count). The van der Waals surface area contributed by atoms with Crippen molar-refractivity contribution in [1.82, 2.24) is 19.9 Å². The molecule has 11 heteroatoms. The van der Waals surface area contributed by atoms with Crippen molar-refractivity contribution in [3.63, 3.8) is 0 Å². The molecule has 0 amide bonds. The highest BCUT2D eigenvalue weighted by Gasteiger charge is 2.30. The predicted octanol–water partition coefficient (Wildman–Crippen LogP) is 5.37. The second-order valence-corrected chi connectivity index (χ2v) is 13.9. The van der Waals surface area contributed by atoms with E-state index >= 15 is 0 Å². The molecule has 2 aromatic carbocycles. The number of nitrogens with two attached hydrogens (primary N) is 1. The van der Waals surface area contributed by atoms with Gasteiger partial charge in [0.2, 0.25) is 0 Å². The van der Waals surface area contributed by atoms with Crippen LogP contribution in [0.25, 0.3) is 22.1 Å². The third kappa shape index (κ3) is 8.11. The van der Waals surface area contributed by atoms with Crippen LogP contribution in [0.3, 0.4) is 0 Å². The Labute approximate surface area is 276 Å². The van der Waals surface area contributed by atoms with Crippen molar-refractivity contribution < 1.29 is 9.53 Å². The Bertz CT molecular complexity index is 1810. The van der Waals surface area contributed by atoms with Crippen molar-refractivity contribution in [2.75, 3.05) is 36.0 Å². The van der Waals surface area contributed by atoms with Crippen LogP contribution < -0.4 is 15.5 Å². The van der Waals surface area contributed by atoms with E-state index in [1.165, 1.54) is 0 Å². The third-order valence-electron chi connectivity index (χ3n) is 8.44. The number of carbonyl (C=O) groups excluding carboxylic acids is 1. The Hall–Kier alpha value is -4.87. The van der Waals surface area contributed by atoms with E-state index in [9.17, 15) is 10.1 Å². The van der Waals surface area contributed by atoms with Crippen LogP contribution in [0, 0.1) is 40.4 Å². The van der Waals surface area contributed by atoms with Crippen LogP contribution in [0.4, 0.5) is 11.4 Å². The van der Waals surface area contributed by atoms with Crippen LogP contribution in [0.15, 0.2) is 49.1 Å². The summed E-state index contributed by atoms with van der Waals surface area (Å²) in [6.07, 6.45) is 9.01. The second-order valence-electron chi connectivity index (χ2n) is 13.9. The minimum absolute atomic E-state index is 0.147. The zero-order chi connectivity index (χ0) is 33.7. The number of nitrogens with zero attached hydrogens (tertiary/aromatic N) is 8. The molecule has 2 aliphatic rings. The van der Waals surface area contributed by atoms with Crippen molar-refractivity contribution in [3.05, 3.63) is 60.2 Å². The van der Waals surface area contributed by atoms with Gasteiger partial charge in [0.15, 0.2) is 0 Å². The van der Waals surface area contributed by atoms with Gasteiger partial charge in [-0.15, -0.1) is 0 Å². The van der Waals surface area contributed by atoms with Crippen molar-refractivity contribution in [3.8, 4) is 12.1 Å². The number of hydrogen-bond acceptors (Lipinski definition) is 11. The summed E-state index contributed by atoms with van der Waals surface area (Å²) in [5, 5.41) is 18.5. The molecule has 0 radical (unpaired) electrons. The number of nitriles is 2. The molecular formula is C36H43N9O2. The summed E-state index contributed by atoms with van der Waals surface area (Å²) in [4.78, 5) is 34.3. The van der Waals surface area contributed by atoms with E-state index in [2.05, 4.69) is 55.7 Å². The van der Waals surface area contributed by atoms with Gasteiger partial charge in [-0.25, -0.2) is 0 Å². The monoisotopic (exact) mass is 633 g/mol. The zero-order valence-corrected chi connectivity index (χ0v) is 27.8. The summed E-state index contributed by atoms with van der Waals surface area (Å²) in [5.74, 6) is 1.09. The lowest BCUT2D eigenvalue weighted by Gasteiger charge is -2.38. The highest BCUT2D eigenvalue weighted by Crippen LogP contribution is 2.33. The highest BCUT2D eigenvalue weighted by atomic mass is 16.6. The van der Waals surface area contributed by atoms with E-state index in [-0.39, 0.29) is 17.9 Å². The van der Waals surface area contributed by atoms with Crippen LogP contribution in [0.2, 0.25) is 0 Å². The molecule has 244 valence electrons. The van der Waals surface area contributed by atoms with Gasteiger partial charge in [-0.1, -0.05) is 13.8 Å². The van der Waals surface area contributed by atoms with Crippen LogP contribution in [-0.2, 0) is 9.53 Å². The van der Waals surface area contributed by atoms with Gasteiger partial charge in [0.1, 0.15) is 39.8 Å². The maximum atomic E-state index is 12.3. The standard InChI is InChI=1S/C21H26N4O2.C15H17N5/c1-14-9-15(10-18(26)27-21(2,3)4)13-25(12-14)17-6-5-16(11-22)19-20(17)24-8-7-23-19;1-10-6-12(17)9-20(8-10)13-3-2-11(7-16)14-15(13)19-5-4-18-14/h5-8,14-15H,9-10,12-13H2,1-4H3;2-5,10,12H,6,8-9,17H2,1H3/t14-,15-;10-,12+/m00/s1. The minimum Gasteiger partial charge on any atom is -0.460 e. The van der Waals surface area contributed by atoms with E-state index in [0.717, 1.165) is 61.4 Å². The molecule has 2 aromatic heterocycles. The lowest BCUT2D eigenvalue weighted by molar-refractivity contribution is -0.156. The molecule has 2 fully saturated rings.